The lowest BCUT2D eigenvalue weighted by Gasteiger charge is -2.27. The van der Waals surface area contributed by atoms with Gasteiger partial charge in [-0.15, -0.1) is 0 Å². The summed E-state index contributed by atoms with van der Waals surface area (Å²) < 4.78 is 46.3. The lowest BCUT2D eigenvalue weighted by atomic mass is 9.87. The molecule has 0 saturated carbocycles. The number of carboxylic acid groups (broad SMARTS) is 2. The number of ether oxygens (including phenoxy) is 3. The molecule has 0 aliphatic rings. The third-order valence-electron chi connectivity index (χ3n) is 9.16. The molecule has 0 amide bonds. The summed E-state index contributed by atoms with van der Waals surface area (Å²) in [4.78, 5) is 24.7. The first kappa shape index (κ1) is 38.6. The van der Waals surface area contributed by atoms with Gasteiger partial charge in [0.2, 0.25) is 10.0 Å². The number of carbonyl (C=O) groups is 2. The molecular weight excluding hydrogens is 695 g/mol. The first-order valence-electron chi connectivity index (χ1n) is 17.0. The molecule has 276 valence electrons. The van der Waals surface area contributed by atoms with Crippen LogP contribution in [0.1, 0.15) is 39.3 Å². The summed E-state index contributed by atoms with van der Waals surface area (Å²) in [5.41, 5.74) is 7.06. The predicted molar refractivity (Wildman–Crippen MR) is 203 cm³/mol. The van der Waals surface area contributed by atoms with E-state index in [4.69, 9.17) is 14.2 Å². The van der Waals surface area contributed by atoms with E-state index in [1.54, 1.807) is 60.7 Å². The monoisotopic (exact) mass is 737 g/mol. The minimum atomic E-state index is -4.29. The summed E-state index contributed by atoms with van der Waals surface area (Å²) in [6.45, 7) is 4.30. The minimum absolute atomic E-state index is 0.0483. The van der Waals surface area contributed by atoms with Crippen molar-refractivity contribution in [3.8, 4) is 28.4 Å². The Bertz CT molecular complexity index is 2050. The molecule has 0 aromatic heterocycles. The fraction of sp³-hybridized carbons (Fsp3) is 0.238. The molecule has 0 radical (unpaired) electrons. The fourth-order valence-corrected chi connectivity index (χ4v) is 8.09. The predicted octanol–water partition coefficient (Wildman–Crippen LogP) is 7.47. The van der Waals surface area contributed by atoms with E-state index in [1.165, 1.54) is 41.8 Å². The number of benzene rings is 5. The Hall–Kier alpha value is -5.65. The highest BCUT2D eigenvalue weighted by Crippen LogP contribution is 2.32. The number of methoxy groups -OCH3 is 2. The third-order valence-corrected chi connectivity index (χ3v) is 11.0. The number of hydrogen-bond donors (Lipinski definition) is 2. The molecule has 0 heterocycles. The number of aryl methyl sites for hydroxylation is 2. The van der Waals surface area contributed by atoms with Crippen LogP contribution >= 0.6 is 0 Å². The van der Waals surface area contributed by atoms with Crippen molar-refractivity contribution in [3.05, 3.63) is 149 Å². The van der Waals surface area contributed by atoms with Gasteiger partial charge in [0, 0.05) is 19.0 Å². The van der Waals surface area contributed by atoms with Crippen molar-refractivity contribution in [1.82, 2.24) is 4.31 Å². The quantitative estimate of drug-likeness (QED) is 0.0931. The second kappa shape index (κ2) is 17.2. The first-order chi connectivity index (χ1) is 25.4. The second-order valence-corrected chi connectivity index (χ2v) is 14.8. The SMILES string of the molecule is COc1ccc(CN(Cc2ccc(OC)cc2)S(=O)(=O)CC(c2ccc(OCc3cccc(-c4c(C)cccc4C)c3)cc2)C(C(=O)O)C(=O)O)cc1. The number of nitrogens with zero attached hydrogens (tertiary/aromatic N) is 1. The molecule has 5 aromatic carbocycles. The molecular formula is C42H43NO9S. The average Bonchev–Trinajstić information content (AvgIpc) is 3.14. The lowest BCUT2D eigenvalue weighted by Crippen LogP contribution is -2.39. The van der Waals surface area contributed by atoms with E-state index >= 15 is 0 Å². The van der Waals surface area contributed by atoms with Gasteiger partial charge in [0.05, 0.1) is 20.0 Å². The molecule has 1 atom stereocenters. The molecule has 53 heavy (non-hydrogen) atoms. The molecule has 0 aliphatic carbocycles. The minimum Gasteiger partial charge on any atom is -0.497 e. The van der Waals surface area contributed by atoms with E-state index in [1.807, 2.05) is 18.2 Å². The largest absolute Gasteiger partial charge is 0.497 e. The summed E-state index contributed by atoms with van der Waals surface area (Å²) in [7, 11) is -1.23. The molecule has 5 aromatic rings. The summed E-state index contributed by atoms with van der Waals surface area (Å²) in [6, 6.07) is 34.3. The van der Waals surface area contributed by atoms with Gasteiger partial charge in [-0.3, -0.25) is 9.59 Å². The van der Waals surface area contributed by atoms with Crippen LogP contribution in [-0.2, 0) is 39.3 Å². The van der Waals surface area contributed by atoms with Crippen molar-refractivity contribution >= 4 is 22.0 Å². The van der Waals surface area contributed by atoms with Gasteiger partial charge in [-0.2, -0.15) is 4.31 Å². The molecule has 2 N–H and O–H groups in total. The summed E-state index contributed by atoms with van der Waals surface area (Å²) in [5, 5.41) is 20.1. The highest BCUT2D eigenvalue weighted by molar-refractivity contribution is 7.89. The van der Waals surface area contributed by atoms with Gasteiger partial charge in [0.1, 0.15) is 23.9 Å². The lowest BCUT2D eigenvalue weighted by molar-refractivity contribution is -0.155. The Labute approximate surface area is 310 Å². The van der Waals surface area contributed by atoms with E-state index in [2.05, 4.69) is 38.1 Å². The molecule has 0 saturated heterocycles. The highest BCUT2D eigenvalue weighted by Gasteiger charge is 2.40. The molecule has 0 aliphatic heterocycles. The molecule has 0 fully saturated rings. The van der Waals surface area contributed by atoms with Crippen LogP contribution in [0.15, 0.2) is 115 Å². The molecule has 0 spiro atoms. The van der Waals surface area contributed by atoms with Gasteiger partial charge in [-0.1, -0.05) is 72.8 Å². The zero-order chi connectivity index (χ0) is 38.1. The van der Waals surface area contributed by atoms with Crippen LogP contribution in [-0.4, -0.2) is 54.8 Å². The van der Waals surface area contributed by atoms with Gasteiger partial charge < -0.3 is 24.4 Å². The van der Waals surface area contributed by atoms with Crippen LogP contribution in [0.25, 0.3) is 11.1 Å². The van der Waals surface area contributed by atoms with Gasteiger partial charge >= 0.3 is 11.9 Å². The van der Waals surface area contributed by atoms with E-state index in [9.17, 15) is 28.2 Å². The van der Waals surface area contributed by atoms with Crippen molar-refractivity contribution in [2.24, 2.45) is 5.92 Å². The van der Waals surface area contributed by atoms with Crippen molar-refractivity contribution in [1.29, 1.82) is 0 Å². The van der Waals surface area contributed by atoms with E-state index < -0.39 is 39.6 Å². The van der Waals surface area contributed by atoms with Crippen molar-refractivity contribution in [2.75, 3.05) is 20.0 Å². The fourth-order valence-electron chi connectivity index (χ4n) is 6.35. The maximum absolute atomic E-state index is 14.3. The Morgan fingerprint density at radius 3 is 1.64 bits per heavy atom. The highest BCUT2D eigenvalue weighted by atomic mass is 32.2. The van der Waals surface area contributed by atoms with Crippen LogP contribution in [0.5, 0.6) is 17.2 Å². The van der Waals surface area contributed by atoms with Gasteiger partial charge in [0.15, 0.2) is 5.92 Å². The van der Waals surface area contributed by atoms with Crippen molar-refractivity contribution in [3.63, 3.8) is 0 Å². The third kappa shape index (κ3) is 9.82. The average molecular weight is 738 g/mol. The Balaban J connectivity index is 1.40. The second-order valence-electron chi connectivity index (χ2n) is 12.8. The Morgan fingerprint density at radius 1 is 0.660 bits per heavy atom. The summed E-state index contributed by atoms with van der Waals surface area (Å²) >= 11 is 0. The summed E-state index contributed by atoms with van der Waals surface area (Å²) in [6.07, 6.45) is 0. The smallest absolute Gasteiger partial charge is 0.318 e. The number of aliphatic carboxylic acids is 2. The zero-order valence-corrected chi connectivity index (χ0v) is 30.9. The van der Waals surface area contributed by atoms with Crippen LogP contribution in [0.3, 0.4) is 0 Å². The maximum atomic E-state index is 14.3. The molecule has 0 bridgehead atoms. The Kier molecular flexibility index (Phi) is 12.6. The number of hydrogen-bond acceptors (Lipinski definition) is 7. The van der Waals surface area contributed by atoms with Crippen LogP contribution < -0.4 is 14.2 Å². The maximum Gasteiger partial charge on any atom is 0.318 e. The topological polar surface area (TPSA) is 140 Å². The molecule has 1 unspecified atom stereocenters. The Morgan fingerprint density at radius 2 is 1.15 bits per heavy atom. The van der Waals surface area contributed by atoms with Gasteiger partial charge in [-0.25, -0.2) is 8.42 Å². The summed E-state index contributed by atoms with van der Waals surface area (Å²) in [5.74, 6) is -5.85. The van der Waals surface area contributed by atoms with Crippen LogP contribution in [0, 0.1) is 19.8 Å². The zero-order valence-electron chi connectivity index (χ0n) is 30.1. The van der Waals surface area contributed by atoms with Gasteiger partial charge in [0.25, 0.3) is 0 Å². The number of rotatable bonds is 17. The van der Waals surface area contributed by atoms with Gasteiger partial charge in [-0.05, 0) is 101 Å². The van der Waals surface area contributed by atoms with Crippen LogP contribution in [0.4, 0.5) is 0 Å². The van der Waals surface area contributed by atoms with Crippen molar-refractivity contribution in [2.45, 2.75) is 39.5 Å². The number of carboxylic acids is 2. The molecule has 11 heteroatoms. The first-order valence-corrected chi connectivity index (χ1v) is 18.6. The van der Waals surface area contributed by atoms with E-state index in [0.29, 0.717) is 28.4 Å². The number of sulfonamides is 1. The molecule has 10 nitrogen and oxygen atoms in total. The van der Waals surface area contributed by atoms with Crippen LogP contribution in [0.2, 0.25) is 0 Å². The molecule has 5 rings (SSSR count). The van der Waals surface area contributed by atoms with E-state index in [0.717, 1.165) is 16.7 Å². The normalized spacial score (nSPS) is 12.0. The standard InChI is InChI=1S/C42H43NO9S/c1-28-7-5-8-29(2)39(28)34-10-6-9-32(23-34)26-52-37-21-15-33(16-22-37)38(40(41(44)45)42(46)47)27-53(48,49)43(24-30-11-17-35(50-3)18-12-30)25-31-13-19-36(51-4)20-14-31/h5-23,38,40H,24-27H2,1-4H3,(H,44,45)(H,46,47). The van der Waals surface area contributed by atoms with Crippen molar-refractivity contribution < 1.29 is 42.4 Å². The van der Waals surface area contributed by atoms with E-state index in [-0.39, 0.29) is 25.3 Å².